The molecule has 1 aromatic rings. The van der Waals surface area contributed by atoms with Gasteiger partial charge in [0.25, 0.3) is 5.91 Å². The summed E-state index contributed by atoms with van der Waals surface area (Å²) < 4.78 is 0. The first kappa shape index (κ1) is 23.5. The van der Waals surface area contributed by atoms with Crippen molar-refractivity contribution in [1.82, 2.24) is 25.3 Å². The molecule has 9 nitrogen and oxygen atoms in total. The van der Waals surface area contributed by atoms with Crippen molar-refractivity contribution in [3.63, 3.8) is 0 Å². The Kier molecular flexibility index (Phi) is 6.84. The van der Waals surface area contributed by atoms with Gasteiger partial charge in [-0.3, -0.25) is 34.3 Å². The van der Waals surface area contributed by atoms with Gasteiger partial charge in [0.1, 0.15) is 6.04 Å². The number of hydrogen-bond acceptors (Lipinski definition) is 6. The van der Waals surface area contributed by atoms with Gasteiger partial charge in [-0.25, -0.2) is 0 Å². The number of nitrogens with zero attached hydrogens (tertiary/aromatic N) is 3. The zero-order valence-electron chi connectivity index (χ0n) is 19.8. The van der Waals surface area contributed by atoms with Crippen LogP contribution in [0.2, 0.25) is 0 Å². The number of rotatable bonds is 6. The molecule has 35 heavy (non-hydrogen) atoms. The fraction of sp³-hybridized carbons (Fsp3) is 0.538. The minimum absolute atomic E-state index is 0.162. The minimum Gasteiger partial charge on any atom is -0.356 e. The van der Waals surface area contributed by atoms with Gasteiger partial charge >= 0.3 is 0 Å². The molecule has 3 saturated heterocycles. The number of hydrogen-bond donors (Lipinski definition) is 2. The predicted octanol–water partition coefficient (Wildman–Crippen LogP) is 0.0838. The van der Waals surface area contributed by atoms with Crippen LogP contribution in [0.4, 0.5) is 0 Å². The third-order valence-electron chi connectivity index (χ3n) is 7.60. The second-order valence-corrected chi connectivity index (χ2v) is 9.83. The molecular weight excluding hydrogens is 446 g/mol. The van der Waals surface area contributed by atoms with E-state index in [0.717, 1.165) is 69.5 Å². The molecule has 4 aliphatic rings. The van der Waals surface area contributed by atoms with Crippen LogP contribution in [0.15, 0.2) is 18.2 Å². The van der Waals surface area contributed by atoms with Crippen molar-refractivity contribution in [2.75, 3.05) is 32.7 Å². The largest absolute Gasteiger partial charge is 0.356 e. The van der Waals surface area contributed by atoms with E-state index in [2.05, 4.69) is 32.3 Å². The van der Waals surface area contributed by atoms with Crippen LogP contribution in [0.5, 0.6) is 0 Å². The first-order valence-corrected chi connectivity index (χ1v) is 12.4. The number of amides is 4. The first-order chi connectivity index (χ1) is 17.0. The summed E-state index contributed by atoms with van der Waals surface area (Å²) in [5.74, 6) is 5.64. The highest BCUT2D eigenvalue weighted by atomic mass is 16.2. The Morgan fingerprint density at radius 3 is 2.66 bits per heavy atom. The molecule has 0 radical (unpaired) electrons. The second kappa shape index (κ2) is 10.2. The molecule has 4 heterocycles. The van der Waals surface area contributed by atoms with Gasteiger partial charge in [0.2, 0.25) is 18.2 Å². The molecule has 4 amide bonds. The molecule has 1 unspecified atom stereocenters. The number of fused-ring (bicyclic) bond motifs is 1. The van der Waals surface area contributed by atoms with Gasteiger partial charge in [0.15, 0.2) is 0 Å². The fourth-order valence-electron chi connectivity index (χ4n) is 5.51. The van der Waals surface area contributed by atoms with Gasteiger partial charge in [-0.05, 0) is 43.0 Å². The Bertz CT molecular complexity index is 1080. The summed E-state index contributed by atoms with van der Waals surface area (Å²) in [6.07, 6.45) is 4.27. The Hall–Kier alpha value is -3.22. The van der Waals surface area contributed by atoms with E-state index in [1.807, 2.05) is 12.1 Å². The highest BCUT2D eigenvalue weighted by Gasteiger charge is 2.39. The molecule has 0 spiro atoms. The molecular formula is C26H31N5O4. The predicted molar refractivity (Wildman–Crippen MR) is 128 cm³/mol. The van der Waals surface area contributed by atoms with Crippen molar-refractivity contribution in [3.05, 3.63) is 34.9 Å². The fourth-order valence-corrected chi connectivity index (χ4v) is 5.51. The SMILES string of the molecule is O=CNC1CCN(C2CN(CCC#Cc3ccc4c(c3)CN(C3CCC(=O)NC3=O)C4=O)C2)CC1. The van der Waals surface area contributed by atoms with Crippen molar-refractivity contribution < 1.29 is 19.2 Å². The third kappa shape index (κ3) is 5.09. The number of likely N-dealkylation sites (tertiary alicyclic amines) is 2. The summed E-state index contributed by atoms with van der Waals surface area (Å²) in [5, 5.41) is 5.22. The summed E-state index contributed by atoms with van der Waals surface area (Å²) in [6, 6.07) is 5.94. The van der Waals surface area contributed by atoms with Crippen molar-refractivity contribution in [1.29, 1.82) is 0 Å². The van der Waals surface area contributed by atoms with Gasteiger partial charge in [0.05, 0.1) is 0 Å². The van der Waals surface area contributed by atoms with Gasteiger partial charge in [0, 0.05) is 75.3 Å². The maximum absolute atomic E-state index is 12.8. The monoisotopic (exact) mass is 477 g/mol. The van der Waals surface area contributed by atoms with Gasteiger partial charge in [-0.15, -0.1) is 0 Å². The maximum Gasteiger partial charge on any atom is 0.255 e. The van der Waals surface area contributed by atoms with Gasteiger partial charge < -0.3 is 10.2 Å². The van der Waals surface area contributed by atoms with Crippen LogP contribution < -0.4 is 10.6 Å². The minimum atomic E-state index is -0.595. The molecule has 184 valence electrons. The number of benzene rings is 1. The van der Waals surface area contributed by atoms with E-state index in [9.17, 15) is 19.2 Å². The van der Waals surface area contributed by atoms with Crippen LogP contribution in [0.25, 0.3) is 0 Å². The molecule has 3 fully saturated rings. The lowest BCUT2D eigenvalue weighted by Crippen LogP contribution is -2.61. The van der Waals surface area contributed by atoms with Gasteiger partial charge in [-0.2, -0.15) is 0 Å². The van der Waals surface area contributed by atoms with E-state index in [1.54, 1.807) is 11.0 Å². The molecule has 0 saturated carbocycles. The van der Waals surface area contributed by atoms with Crippen LogP contribution >= 0.6 is 0 Å². The van der Waals surface area contributed by atoms with E-state index < -0.39 is 11.9 Å². The van der Waals surface area contributed by atoms with E-state index >= 15 is 0 Å². The van der Waals surface area contributed by atoms with Crippen molar-refractivity contribution in [2.45, 2.75) is 56.8 Å². The zero-order chi connectivity index (χ0) is 24.4. The number of nitrogens with one attached hydrogen (secondary N) is 2. The average molecular weight is 478 g/mol. The van der Waals surface area contributed by atoms with E-state index in [0.29, 0.717) is 30.6 Å². The van der Waals surface area contributed by atoms with E-state index in [1.165, 1.54) is 0 Å². The van der Waals surface area contributed by atoms with Gasteiger partial charge in [-0.1, -0.05) is 11.8 Å². The maximum atomic E-state index is 12.8. The summed E-state index contributed by atoms with van der Waals surface area (Å²) in [6.45, 7) is 5.55. The molecule has 0 aromatic heterocycles. The Morgan fingerprint density at radius 1 is 1.11 bits per heavy atom. The lowest BCUT2D eigenvalue weighted by Gasteiger charge is -2.47. The first-order valence-electron chi connectivity index (χ1n) is 12.4. The Balaban J connectivity index is 1.07. The Morgan fingerprint density at radius 2 is 1.91 bits per heavy atom. The standard InChI is InChI=1S/C26H31N5O4/c32-17-27-20-8-11-30(12-9-20)21-15-29(16-21)10-2-1-3-18-4-5-22-19(13-18)14-31(26(22)35)23-6-7-24(33)28-25(23)34/h4-5,13,17,20-21,23H,2,6-12,14-16H2,(H,27,32)(H,28,33,34). The molecule has 1 atom stereocenters. The Labute approximate surface area is 205 Å². The second-order valence-electron chi connectivity index (χ2n) is 9.83. The average Bonchev–Trinajstić information content (AvgIpc) is 3.14. The van der Waals surface area contributed by atoms with Crippen LogP contribution in [0.1, 0.15) is 53.6 Å². The van der Waals surface area contributed by atoms with Crippen LogP contribution in [0.3, 0.4) is 0 Å². The number of carbonyl (C=O) groups is 4. The van der Waals surface area contributed by atoms with Crippen molar-refractivity contribution in [2.24, 2.45) is 0 Å². The highest BCUT2D eigenvalue weighted by Crippen LogP contribution is 2.28. The zero-order valence-corrected chi connectivity index (χ0v) is 19.8. The van der Waals surface area contributed by atoms with E-state index in [4.69, 9.17) is 0 Å². The third-order valence-corrected chi connectivity index (χ3v) is 7.60. The number of carbonyl (C=O) groups excluding carboxylic acids is 4. The quantitative estimate of drug-likeness (QED) is 0.342. The molecule has 1 aromatic carbocycles. The molecule has 2 N–H and O–H groups in total. The summed E-state index contributed by atoms with van der Waals surface area (Å²) in [7, 11) is 0. The lowest BCUT2D eigenvalue weighted by molar-refractivity contribution is -0.136. The molecule has 9 heteroatoms. The normalized spacial score (nSPS) is 23.8. The van der Waals surface area contributed by atoms with E-state index in [-0.39, 0.29) is 18.2 Å². The molecule has 0 aliphatic carbocycles. The van der Waals surface area contributed by atoms with Crippen LogP contribution in [0, 0.1) is 11.8 Å². The topological polar surface area (TPSA) is 102 Å². The summed E-state index contributed by atoms with van der Waals surface area (Å²) in [4.78, 5) is 53.5. The van der Waals surface area contributed by atoms with Crippen LogP contribution in [-0.2, 0) is 20.9 Å². The molecule has 0 bridgehead atoms. The van der Waals surface area contributed by atoms with Crippen molar-refractivity contribution in [3.8, 4) is 11.8 Å². The van der Waals surface area contributed by atoms with Crippen LogP contribution in [-0.4, -0.2) is 89.7 Å². The summed E-state index contributed by atoms with van der Waals surface area (Å²) in [5.41, 5.74) is 2.36. The molecule has 4 aliphatic heterocycles. The van der Waals surface area contributed by atoms with Crippen molar-refractivity contribution >= 4 is 24.1 Å². The number of imide groups is 1. The highest BCUT2D eigenvalue weighted by molar-refractivity contribution is 6.05. The molecule has 5 rings (SSSR count). The lowest BCUT2D eigenvalue weighted by atomic mass is 9.99. The summed E-state index contributed by atoms with van der Waals surface area (Å²) >= 11 is 0. The smallest absolute Gasteiger partial charge is 0.255 e. The number of piperidine rings is 2.